The summed E-state index contributed by atoms with van der Waals surface area (Å²) in [6.07, 6.45) is 0.359. The second kappa shape index (κ2) is 6.79. The van der Waals surface area contributed by atoms with Gasteiger partial charge in [-0.3, -0.25) is 0 Å². The molecule has 0 radical (unpaired) electrons. The van der Waals surface area contributed by atoms with Crippen LogP contribution in [-0.2, 0) is 6.42 Å². The fourth-order valence-corrected chi connectivity index (χ4v) is 3.32. The van der Waals surface area contributed by atoms with E-state index >= 15 is 0 Å². The summed E-state index contributed by atoms with van der Waals surface area (Å²) in [5.74, 6) is 0.351. The Balaban J connectivity index is 2.34. The molecule has 2 aromatic carbocycles. The number of rotatable bonds is 4. The van der Waals surface area contributed by atoms with Crippen molar-refractivity contribution in [1.29, 1.82) is 0 Å². The maximum atomic E-state index is 13.7. The van der Waals surface area contributed by atoms with Gasteiger partial charge in [0.2, 0.25) is 0 Å². The summed E-state index contributed by atoms with van der Waals surface area (Å²) in [6, 6.07) is 10.0. The summed E-state index contributed by atoms with van der Waals surface area (Å²) in [7, 11) is 1.56. The molecule has 20 heavy (non-hydrogen) atoms. The van der Waals surface area contributed by atoms with Crippen LogP contribution in [0, 0.1) is 5.82 Å². The van der Waals surface area contributed by atoms with Gasteiger partial charge >= 0.3 is 0 Å². The van der Waals surface area contributed by atoms with Gasteiger partial charge in [0.05, 0.1) is 17.0 Å². The molecule has 5 heteroatoms. The predicted octanol–water partition coefficient (Wildman–Crippen LogP) is 5.77. The molecule has 0 fully saturated rings. The van der Waals surface area contributed by atoms with Crippen molar-refractivity contribution in [1.82, 2.24) is 0 Å². The van der Waals surface area contributed by atoms with Gasteiger partial charge in [-0.1, -0.05) is 29.8 Å². The van der Waals surface area contributed by atoms with E-state index in [1.165, 1.54) is 6.07 Å². The molecule has 0 aliphatic carbocycles. The molecule has 0 saturated carbocycles. The first-order valence-electron chi connectivity index (χ1n) is 5.93. The van der Waals surface area contributed by atoms with E-state index in [4.69, 9.17) is 27.9 Å². The number of benzene rings is 2. The summed E-state index contributed by atoms with van der Waals surface area (Å²) in [6.45, 7) is 0. The number of methoxy groups -OCH3 is 1. The summed E-state index contributed by atoms with van der Waals surface area (Å²) in [4.78, 5) is 0. The van der Waals surface area contributed by atoms with E-state index in [2.05, 4.69) is 15.9 Å². The Morgan fingerprint density at radius 3 is 2.65 bits per heavy atom. The Bertz CT molecular complexity index is 619. The van der Waals surface area contributed by atoms with Gasteiger partial charge in [-0.25, -0.2) is 4.39 Å². The highest BCUT2D eigenvalue weighted by Crippen LogP contribution is 2.39. The lowest BCUT2D eigenvalue weighted by atomic mass is 10.0. The van der Waals surface area contributed by atoms with E-state index in [1.807, 2.05) is 0 Å². The minimum absolute atomic E-state index is 0.266. The smallest absolute Gasteiger partial charge is 0.137 e. The van der Waals surface area contributed by atoms with E-state index in [9.17, 15) is 4.39 Å². The Morgan fingerprint density at radius 1 is 1.30 bits per heavy atom. The van der Waals surface area contributed by atoms with Crippen LogP contribution in [0.1, 0.15) is 16.5 Å². The topological polar surface area (TPSA) is 9.23 Å². The summed E-state index contributed by atoms with van der Waals surface area (Å²) < 4.78 is 19.7. The van der Waals surface area contributed by atoms with Gasteiger partial charge < -0.3 is 4.74 Å². The molecule has 2 rings (SSSR count). The van der Waals surface area contributed by atoms with Gasteiger partial charge in [-0.2, -0.15) is 0 Å². The Hall–Kier alpha value is -0.770. The van der Waals surface area contributed by atoms with Crippen LogP contribution in [0.5, 0.6) is 5.75 Å². The predicted molar refractivity (Wildman–Crippen MR) is 84.4 cm³/mol. The van der Waals surface area contributed by atoms with Crippen molar-refractivity contribution < 1.29 is 9.13 Å². The highest BCUT2D eigenvalue weighted by molar-refractivity contribution is 9.10. The van der Waals surface area contributed by atoms with Crippen molar-refractivity contribution in [2.75, 3.05) is 7.11 Å². The zero-order valence-electron chi connectivity index (χ0n) is 10.7. The molecule has 0 spiro atoms. The number of hydrogen-bond donors (Lipinski definition) is 0. The molecule has 0 saturated heterocycles. The van der Waals surface area contributed by atoms with Crippen LogP contribution < -0.4 is 4.74 Å². The van der Waals surface area contributed by atoms with Crippen LogP contribution in [-0.4, -0.2) is 7.11 Å². The monoisotopic (exact) mass is 376 g/mol. The van der Waals surface area contributed by atoms with Crippen LogP contribution >= 0.6 is 39.1 Å². The summed E-state index contributed by atoms with van der Waals surface area (Å²) in [5.41, 5.74) is 1.29. The summed E-state index contributed by atoms with van der Waals surface area (Å²) in [5, 5.41) is 0.115. The third-order valence-corrected chi connectivity index (χ3v) is 4.13. The highest BCUT2D eigenvalue weighted by Gasteiger charge is 2.19. The average Bonchev–Trinajstić information content (AvgIpc) is 2.40. The van der Waals surface area contributed by atoms with E-state index < -0.39 is 5.38 Å². The minimum Gasteiger partial charge on any atom is -0.495 e. The molecule has 0 amide bonds. The lowest BCUT2D eigenvalue weighted by Gasteiger charge is -2.16. The molecule has 1 nitrogen and oxygen atoms in total. The Morgan fingerprint density at radius 2 is 2.00 bits per heavy atom. The lowest BCUT2D eigenvalue weighted by Crippen LogP contribution is -2.01. The van der Waals surface area contributed by atoms with Crippen LogP contribution in [0.15, 0.2) is 40.9 Å². The van der Waals surface area contributed by atoms with Crippen LogP contribution in [0.3, 0.4) is 0 Å². The van der Waals surface area contributed by atoms with Crippen molar-refractivity contribution in [3.05, 3.63) is 62.8 Å². The van der Waals surface area contributed by atoms with Gasteiger partial charge in [-0.15, -0.1) is 11.6 Å². The molecule has 106 valence electrons. The van der Waals surface area contributed by atoms with E-state index in [0.29, 0.717) is 22.8 Å². The number of halogens is 4. The lowest BCUT2D eigenvalue weighted by molar-refractivity contribution is 0.406. The van der Waals surface area contributed by atoms with Gasteiger partial charge in [0, 0.05) is 10.6 Å². The zero-order valence-corrected chi connectivity index (χ0v) is 13.8. The molecule has 1 atom stereocenters. The maximum Gasteiger partial charge on any atom is 0.137 e. The highest BCUT2D eigenvalue weighted by atomic mass is 79.9. The van der Waals surface area contributed by atoms with Crippen molar-refractivity contribution in [2.45, 2.75) is 11.8 Å². The Labute approximate surface area is 135 Å². The molecule has 0 N–H and O–H groups in total. The van der Waals surface area contributed by atoms with Crippen molar-refractivity contribution in [3.8, 4) is 5.75 Å². The van der Waals surface area contributed by atoms with Crippen molar-refractivity contribution in [2.24, 2.45) is 0 Å². The largest absolute Gasteiger partial charge is 0.495 e. The molecule has 0 bridgehead atoms. The molecule has 0 aromatic heterocycles. The number of alkyl halides is 1. The normalized spacial score (nSPS) is 12.2. The van der Waals surface area contributed by atoms with Crippen LogP contribution in [0.25, 0.3) is 0 Å². The average molecular weight is 378 g/mol. The first kappa shape index (κ1) is 15.6. The van der Waals surface area contributed by atoms with Gasteiger partial charge in [0.25, 0.3) is 0 Å². The third-order valence-electron chi connectivity index (χ3n) is 2.94. The van der Waals surface area contributed by atoms with Gasteiger partial charge in [0.1, 0.15) is 11.6 Å². The minimum atomic E-state index is -0.433. The molecule has 2 aromatic rings. The number of hydrogen-bond acceptors (Lipinski definition) is 1. The zero-order chi connectivity index (χ0) is 14.7. The summed E-state index contributed by atoms with van der Waals surface area (Å²) >= 11 is 15.8. The first-order valence-corrected chi connectivity index (χ1v) is 7.54. The fourth-order valence-electron chi connectivity index (χ4n) is 2.00. The first-order chi connectivity index (χ1) is 9.52. The second-order valence-corrected chi connectivity index (χ2v) is 6.09. The van der Waals surface area contributed by atoms with E-state index in [0.717, 1.165) is 10.0 Å². The molecule has 1 unspecified atom stereocenters. The third kappa shape index (κ3) is 3.46. The quantitative estimate of drug-likeness (QED) is 0.614. The SMILES string of the molecule is COc1c(Br)cc(Cl)cc1C(Cl)Cc1ccccc1F. The van der Waals surface area contributed by atoms with Crippen LogP contribution in [0.2, 0.25) is 5.02 Å². The second-order valence-electron chi connectivity index (χ2n) is 4.27. The van der Waals surface area contributed by atoms with E-state index in [-0.39, 0.29) is 5.82 Å². The maximum absolute atomic E-state index is 13.7. The van der Waals surface area contributed by atoms with Gasteiger partial charge in [0.15, 0.2) is 0 Å². The molecular weight excluding hydrogens is 366 g/mol. The Kier molecular flexibility index (Phi) is 5.30. The fraction of sp³-hybridized carbons (Fsp3) is 0.200. The molecule has 0 heterocycles. The van der Waals surface area contributed by atoms with Crippen molar-refractivity contribution in [3.63, 3.8) is 0 Å². The number of ether oxygens (including phenoxy) is 1. The standard InChI is InChI=1S/C15H12BrCl2FO/c1-20-15-11(7-10(17)8-12(15)16)13(18)6-9-4-2-3-5-14(9)19/h2-5,7-8,13H,6H2,1H3. The molecule has 0 aliphatic rings. The van der Waals surface area contributed by atoms with Crippen LogP contribution in [0.4, 0.5) is 4.39 Å². The van der Waals surface area contributed by atoms with Crippen molar-refractivity contribution >= 4 is 39.1 Å². The molecule has 0 aliphatic heterocycles. The molecular formula is C15H12BrCl2FO. The van der Waals surface area contributed by atoms with Gasteiger partial charge in [-0.05, 0) is 46.1 Å². The van der Waals surface area contributed by atoms with E-state index in [1.54, 1.807) is 37.4 Å².